The van der Waals surface area contributed by atoms with Gasteiger partial charge in [-0.3, -0.25) is 4.79 Å². The molecule has 0 aromatic heterocycles. The lowest BCUT2D eigenvalue weighted by Gasteiger charge is -2.14. The van der Waals surface area contributed by atoms with Gasteiger partial charge in [0.2, 0.25) is 0 Å². The minimum absolute atomic E-state index is 0.172. The van der Waals surface area contributed by atoms with Crippen LogP contribution in [0, 0.1) is 5.92 Å². The monoisotopic (exact) mass is 185 g/mol. The molecule has 1 aliphatic carbocycles. The first-order valence-electron chi connectivity index (χ1n) is 5.12. The van der Waals surface area contributed by atoms with Gasteiger partial charge in [-0.1, -0.05) is 26.2 Å². The Balaban J connectivity index is 2.26. The summed E-state index contributed by atoms with van der Waals surface area (Å²) in [6.07, 6.45) is 3.70. The molecule has 0 saturated heterocycles. The van der Waals surface area contributed by atoms with Crippen molar-refractivity contribution in [2.24, 2.45) is 11.7 Å². The Morgan fingerprint density at radius 1 is 1.62 bits per heavy atom. The van der Waals surface area contributed by atoms with Crippen molar-refractivity contribution in [1.82, 2.24) is 0 Å². The largest absolute Gasteiger partial charge is 0.385 e. The van der Waals surface area contributed by atoms with Gasteiger partial charge in [-0.05, 0) is 18.8 Å². The molecule has 1 saturated carbocycles. The van der Waals surface area contributed by atoms with E-state index in [0.29, 0.717) is 18.8 Å². The van der Waals surface area contributed by atoms with E-state index in [1.54, 1.807) is 0 Å². The molecule has 0 aromatic carbocycles. The normalized spacial score (nSPS) is 21.2. The average Bonchev–Trinajstić information content (AvgIpc) is 2.87. The lowest BCUT2D eigenvalue weighted by Crippen LogP contribution is -2.38. The molecule has 0 amide bonds. The number of aliphatic hydroxyl groups excluding tert-OH is 1. The Morgan fingerprint density at radius 2 is 2.23 bits per heavy atom. The maximum absolute atomic E-state index is 11.4. The highest BCUT2D eigenvalue weighted by atomic mass is 16.3. The van der Waals surface area contributed by atoms with Gasteiger partial charge in [-0.2, -0.15) is 0 Å². The van der Waals surface area contributed by atoms with Gasteiger partial charge in [0.15, 0.2) is 5.78 Å². The van der Waals surface area contributed by atoms with E-state index in [1.807, 2.05) is 6.92 Å². The van der Waals surface area contributed by atoms with E-state index in [-0.39, 0.29) is 5.78 Å². The van der Waals surface area contributed by atoms with E-state index in [2.05, 4.69) is 0 Å². The molecule has 76 valence electrons. The Bertz CT molecular complexity index is 178. The van der Waals surface area contributed by atoms with Gasteiger partial charge in [0.25, 0.3) is 0 Å². The van der Waals surface area contributed by atoms with Crippen LogP contribution >= 0.6 is 0 Å². The lowest BCUT2D eigenvalue weighted by atomic mass is 10.0. The third-order valence-corrected chi connectivity index (χ3v) is 2.55. The van der Waals surface area contributed by atoms with E-state index in [9.17, 15) is 9.90 Å². The van der Waals surface area contributed by atoms with Gasteiger partial charge < -0.3 is 10.8 Å². The van der Waals surface area contributed by atoms with Crippen LogP contribution in [0.15, 0.2) is 0 Å². The summed E-state index contributed by atoms with van der Waals surface area (Å²) in [5, 5.41) is 9.50. The number of hydrogen-bond acceptors (Lipinski definition) is 3. The lowest BCUT2D eigenvalue weighted by molar-refractivity contribution is -0.129. The van der Waals surface area contributed by atoms with E-state index >= 15 is 0 Å². The molecule has 0 aromatic rings. The van der Waals surface area contributed by atoms with Crippen LogP contribution in [0.2, 0.25) is 0 Å². The van der Waals surface area contributed by atoms with Crippen LogP contribution in [0.25, 0.3) is 0 Å². The third kappa shape index (κ3) is 3.44. The first-order valence-corrected chi connectivity index (χ1v) is 5.12. The van der Waals surface area contributed by atoms with Crippen molar-refractivity contribution in [3.63, 3.8) is 0 Å². The molecule has 3 heteroatoms. The maximum atomic E-state index is 11.4. The first kappa shape index (κ1) is 10.7. The minimum atomic E-state index is -0.811. The molecule has 0 heterocycles. The SMILES string of the molecule is CCC[C@H](N)C(=O)C(O)CC1CC1. The zero-order chi connectivity index (χ0) is 9.84. The zero-order valence-corrected chi connectivity index (χ0v) is 8.20. The summed E-state index contributed by atoms with van der Waals surface area (Å²) in [4.78, 5) is 11.4. The standard InChI is InChI=1S/C10H19NO2/c1-2-3-8(11)10(13)9(12)6-7-4-5-7/h7-9,12H,2-6,11H2,1H3/t8-,9?/m0/s1. The molecular formula is C10H19NO2. The van der Waals surface area contributed by atoms with Crippen molar-refractivity contribution in [3.8, 4) is 0 Å². The first-order chi connectivity index (χ1) is 6.15. The Labute approximate surface area is 79.3 Å². The second kappa shape index (κ2) is 4.72. The van der Waals surface area contributed by atoms with E-state index < -0.39 is 12.1 Å². The molecule has 13 heavy (non-hydrogen) atoms. The van der Waals surface area contributed by atoms with Crippen molar-refractivity contribution < 1.29 is 9.90 Å². The number of Topliss-reactive ketones (excluding diaryl/α,β-unsaturated/α-hetero) is 1. The Morgan fingerprint density at radius 3 is 2.69 bits per heavy atom. The highest BCUT2D eigenvalue weighted by molar-refractivity contribution is 5.87. The Hall–Kier alpha value is -0.410. The van der Waals surface area contributed by atoms with E-state index in [1.165, 1.54) is 0 Å². The van der Waals surface area contributed by atoms with E-state index in [0.717, 1.165) is 19.3 Å². The number of aliphatic hydroxyl groups is 1. The fourth-order valence-electron chi connectivity index (χ4n) is 1.49. The van der Waals surface area contributed by atoms with Crippen LogP contribution in [0.4, 0.5) is 0 Å². The zero-order valence-electron chi connectivity index (χ0n) is 8.20. The highest BCUT2D eigenvalue weighted by Gasteiger charge is 2.29. The summed E-state index contributed by atoms with van der Waals surface area (Å²) < 4.78 is 0. The Kier molecular flexibility index (Phi) is 3.88. The average molecular weight is 185 g/mol. The number of carbonyl (C=O) groups is 1. The molecule has 0 bridgehead atoms. The van der Waals surface area contributed by atoms with Gasteiger partial charge >= 0.3 is 0 Å². The summed E-state index contributed by atoms with van der Waals surface area (Å²) in [5.74, 6) is 0.404. The fourth-order valence-corrected chi connectivity index (χ4v) is 1.49. The van der Waals surface area contributed by atoms with Crippen LogP contribution < -0.4 is 5.73 Å². The highest BCUT2D eigenvalue weighted by Crippen LogP contribution is 2.33. The molecule has 2 atom stereocenters. The smallest absolute Gasteiger partial charge is 0.177 e. The van der Waals surface area contributed by atoms with Gasteiger partial charge in [0, 0.05) is 0 Å². The number of rotatable bonds is 6. The van der Waals surface area contributed by atoms with Crippen LogP contribution in [0.5, 0.6) is 0 Å². The second-order valence-electron chi connectivity index (χ2n) is 3.99. The molecule has 1 fully saturated rings. The maximum Gasteiger partial charge on any atom is 0.177 e. The number of carbonyl (C=O) groups excluding carboxylic acids is 1. The number of nitrogens with two attached hydrogens (primary N) is 1. The van der Waals surface area contributed by atoms with Crippen LogP contribution in [0.3, 0.4) is 0 Å². The van der Waals surface area contributed by atoms with E-state index in [4.69, 9.17) is 5.73 Å². The predicted octanol–water partition coefficient (Wildman–Crippen LogP) is 0.844. The van der Waals surface area contributed by atoms with Crippen molar-refractivity contribution >= 4 is 5.78 Å². The number of hydrogen-bond donors (Lipinski definition) is 2. The molecule has 0 spiro atoms. The van der Waals surface area contributed by atoms with Crippen LogP contribution in [-0.2, 0) is 4.79 Å². The van der Waals surface area contributed by atoms with Gasteiger partial charge in [0.05, 0.1) is 6.04 Å². The van der Waals surface area contributed by atoms with Gasteiger partial charge in [-0.25, -0.2) is 0 Å². The minimum Gasteiger partial charge on any atom is -0.385 e. The predicted molar refractivity (Wildman–Crippen MR) is 51.2 cm³/mol. The molecular weight excluding hydrogens is 166 g/mol. The molecule has 1 aliphatic rings. The van der Waals surface area contributed by atoms with Crippen LogP contribution in [0.1, 0.15) is 39.0 Å². The third-order valence-electron chi connectivity index (χ3n) is 2.55. The van der Waals surface area contributed by atoms with Crippen molar-refractivity contribution in [2.75, 3.05) is 0 Å². The van der Waals surface area contributed by atoms with Crippen LogP contribution in [-0.4, -0.2) is 23.0 Å². The summed E-state index contributed by atoms with van der Waals surface area (Å²) in [6, 6.07) is -0.459. The molecule has 1 rings (SSSR count). The van der Waals surface area contributed by atoms with Crippen molar-refractivity contribution in [1.29, 1.82) is 0 Å². The van der Waals surface area contributed by atoms with Crippen molar-refractivity contribution in [3.05, 3.63) is 0 Å². The molecule has 0 radical (unpaired) electrons. The quantitative estimate of drug-likeness (QED) is 0.644. The van der Waals surface area contributed by atoms with Gasteiger partial charge in [-0.15, -0.1) is 0 Å². The molecule has 3 N–H and O–H groups in total. The molecule has 3 nitrogen and oxygen atoms in total. The fraction of sp³-hybridized carbons (Fsp3) is 0.900. The molecule has 1 unspecified atom stereocenters. The topological polar surface area (TPSA) is 63.3 Å². The number of ketones is 1. The summed E-state index contributed by atoms with van der Waals surface area (Å²) in [7, 11) is 0. The van der Waals surface area contributed by atoms with Gasteiger partial charge in [0.1, 0.15) is 6.10 Å². The summed E-state index contributed by atoms with van der Waals surface area (Å²) in [6.45, 7) is 1.99. The van der Waals surface area contributed by atoms with Crippen molar-refractivity contribution in [2.45, 2.75) is 51.2 Å². The second-order valence-corrected chi connectivity index (χ2v) is 3.99. The summed E-state index contributed by atoms with van der Waals surface area (Å²) >= 11 is 0. The molecule has 0 aliphatic heterocycles. The summed E-state index contributed by atoms with van der Waals surface area (Å²) in [5.41, 5.74) is 5.62.